The van der Waals surface area contributed by atoms with Crippen LogP contribution in [0.5, 0.6) is 5.88 Å². The smallest absolute Gasteiger partial charge is 0.216 e. The number of aryl methyl sites for hydroxylation is 2. The van der Waals surface area contributed by atoms with Gasteiger partial charge in [-0.25, -0.2) is 14.6 Å². The van der Waals surface area contributed by atoms with Gasteiger partial charge in [0, 0.05) is 25.4 Å². The minimum Gasteiger partial charge on any atom is -0.481 e. The average molecular weight is 349 g/mol. The van der Waals surface area contributed by atoms with E-state index in [2.05, 4.69) is 15.0 Å². The number of rotatable bonds is 4. The second-order valence-electron chi connectivity index (χ2n) is 6.59. The van der Waals surface area contributed by atoms with Crippen molar-refractivity contribution in [3.05, 3.63) is 53.9 Å². The summed E-state index contributed by atoms with van der Waals surface area (Å²) >= 11 is 0. The number of benzene rings is 1. The van der Waals surface area contributed by atoms with E-state index in [1.807, 2.05) is 61.2 Å². The zero-order chi connectivity index (χ0) is 18.1. The molecule has 1 fully saturated rings. The Hall–Kier alpha value is -2.89. The van der Waals surface area contributed by atoms with Crippen molar-refractivity contribution in [2.24, 2.45) is 7.05 Å². The second-order valence-corrected chi connectivity index (χ2v) is 6.59. The van der Waals surface area contributed by atoms with Crippen molar-refractivity contribution in [3.8, 4) is 17.3 Å². The maximum atomic E-state index is 5.63. The van der Waals surface area contributed by atoms with Crippen LogP contribution >= 0.6 is 0 Å². The summed E-state index contributed by atoms with van der Waals surface area (Å²) in [5.74, 6) is 2.53. The lowest BCUT2D eigenvalue weighted by Crippen LogP contribution is -2.24. The van der Waals surface area contributed by atoms with E-state index in [-0.39, 0.29) is 6.04 Å². The number of anilines is 1. The molecule has 1 atom stereocenters. The van der Waals surface area contributed by atoms with E-state index < -0.39 is 0 Å². The third kappa shape index (κ3) is 2.81. The van der Waals surface area contributed by atoms with Gasteiger partial charge in [0.1, 0.15) is 5.82 Å². The lowest BCUT2D eigenvalue weighted by atomic mass is 10.1. The van der Waals surface area contributed by atoms with Crippen LogP contribution < -0.4 is 9.64 Å². The van der Waals surface area contributed by atoms with Crippen LogP contribution in [0, 0.1) is 6.92 Å². The Bertz CT molecular complexity index is 906. The molecular weight excluding hydrogens is 326 g/mol. The molecular formula is C20H23N5O. The lowest BCUT2D eigenvalue weighted by molar-refractivity contribution is 0.366. The third-order valence-electron chi connectivity index (χ3n) is 4.96. The zero-order valence-electron chi connectivity index (χ0n) is 15.4. The van der Waals surface area contributed by atoms with Crippen LogP contribution in [0.25, 0.3) is 11.4 Å². The lowest BCUT2D eigenvalue weighted by Gasteiger charge is -2.26. The van der Waals surface area contributed by atoms with Gasteiger partial charge < -0.3 is 9.64 Å². The molecule has 0 saturated carbocycles. The van der Waals surface area contributed by atoms with E-state index in [1.165, 1.54) is 0 Å². The molecule has 1 aliphatic heterocycles. The van der Waals surface area contributed by atoms with Gasteiger partial charge in [0.05, 0.1) is 24.4 Å². The van der Waals surface area contributed by atoms with E-state index >= 15 is 0 Å². The molecule has 0 aliphatic carbocycles. The summed E-state index contributed by atoms with van der Waals surface area (Å²) in [6, 6.07) is 12.3. The van der Waals surface area contributed by atoms with Gasteiger partial charge in [0.2, 0.25) is 5.88 Å². The van der Waals surface area contributed by atoms with Gasteiger partial charge in [0.25, 0.3) is 0 Å². The highest BCUT2D eigenvalue weighted by atomic mass is 16.5. The van der Waals surface area contributed by atoms with Gasteiger partial charge in [0.15, 0.2) is 5.82 Å². The molecule has 3 aromatic rings. The molecule has 0 bridgehead atoms. The highest BCUT2D eigenvalue weighted by Crippen LogP contribution is 2.40. The summed E-state index contributed by atoms with van der Waals surface area (Å²) in [7, 11) is 3.63. The van der Waals surface area contributed by atoms with Crippen LogP contribution in [-0.4, -0.2) is 33.4 Å². The summed E-state index contributed by atoms with van der Waals surface area (Å²) in [4.78, 5) is 11.6. The maximum Gasteiger partial charge on any atom is 0.216 e. The Kier molecular flexibility index (Phi) is 4.32. The Labute approximate surface area is 153 Å². The van der Waals surface area contributed by atoms with Gasteiger partial charge in [-0.2, -0.15) is 5.10 Å². The standard InChI is InChI=1S/C20H23N5O/c1-14-18(20(26-3)24(2)23-14)16-10-7-13-25(16)17-11-12-21-19(22-17)15-8-5-4-6-9-15/h4-6,8-9,11-12,16H,7,10,13H2,1-3H3/t16-/m0/s1. The van der Waals surface area contributed by atoms with Crippen LogP contribution in [-0.2, 0) is 7.05 Å². The summed E-state index contributed by atoms with van der Waals surface area (Å²) in [6.07, 6.45) is 4.02. The van der Waals surface area contributed by atoms with E-state index in [0.29, 0.717) is 0 Å². The molecule has 0 radical (unpaired) electrons. The fraction of sp³-hybridized carbons (Fsp3) is 0.350. The van der Waals surface area contributed by atoms with Gasteiger partial charge in [-0.3, -0.25) is 0 Å². The minimum absolute atomic E-state index is 0.220. The van der Waals surface area contributed by atoms with Crippen molar-refractivity contribution in [3.63, 3.8) is 0 Å². The molecule has 0 unspecified atom stereocenters. The minimum atomic E-state index is 0.220. The highest BCUT2D eigenvalue weighted by Gasteiger charge is 2.33. The van der Waals surface area contributed by atoms with Crippen molar-refractivity contribution in [2.75, 3.05) is 18.6 Å². The Morgan fingerprint density at radius 3 is 2.73 bits per heavy atom. The molecule has 0 N–H and O–H groups in total. The topological polar surface area (TPSA) is 56.1 Å². The second kappa shape index (κ2) is 6.78. The maximum absolute atomic E-state index is 5.63. The number of hydrogen-bond donors (Lipinski definition) is 0. The monoisotopic (exact) mass is 349 g/mol. The first kappa shape index (κ1) is 16.6. The van der Waals surface area contributed by atoms with Gasteiger partial charge in [-0.1, -0.05) is 30.3 Å². The van der Waals surface area contributed by atoms with E-state index in [0.717, 1.165) is 53.7 Å². The van der Waals surface area contributed by atoms with Crippen LogP contribution in [0.3, 0.4) is 0 Å². The van der Waals surface area contributed by atoms with Gasteiger partial charge in [-0.05, 0) is 25.8 Å². The molecule has 2 aromatic heterocycles. The summed E-state index contributed by atoms with van der Waals surface area (Å²) in [5.41, 5.74) is 3.20. The van der Waals surface area contributed by atoms with E-state index in [9.17, 15) is 0 Å². The number of aromatic nitrogens is 4. The number of nitrogens with zero attached hydrogens (tertiary/aromatic N) is 5. The average Bonchev–Trinajstić information content (AvgIpc) is 3.25. The van der Waals surface area contributed by atoms with Crippen molar-refractivity contribution in [1.29, 1.82) is 0 Å². The predicted molar refractivity (Wildman–Crippen MR) is 101 cm³/mol. The molecule has 0 amide bonds. The third-order valence-corrected chi connectivity index (χ3v) is 4.96. The van der Waals surface area contributed by atoms with Crippen molar-refractivity contribution in [1.82, 2.24) is 19.7 Å². The molecule has 3 heterocycles. The molecule has 0 spiro atoms. The number of ether oxygens (including phenoxy) is 1. The van der Waals surface area contributed by atoms with Gasteiger partial charge in [-0.15, -0.1) is 0 Å². The van der Waals surface area contributed by atoms with Crippen LogP contribution in [0.2, 0.25) is 0 Å². The highest BCUT2D eigenvalue weighted by molar-refractivity contribution is 5.58. The quantitative estimate of drug-likeness (QED) is 0.721. The Morgan fingerprint density at radius 2 is 1.96 bits per heavy atom. The largest absolute Gasteiger partial charge is 0.481 e. The SMILES string of the molecule is COc1c([C@@H]2CCCN2c2ccnc(-c3ccccc3)n2)c(C)nn1C. The van der Waals surface area contributed by atoms with E-state index in [1.54, 1.807) is 7.11 Å². The fourth-order valence-electron chi connectivity index (χ4n) is 3.86. The molecule has 1 saturated heterocycles. The first-order valence-corrected chi connectivity index (χ1v) is 8.91. The summed E-state index contributed by atoms with van der Waals surface area (Å²) in [6.45, 7) is 3.01. The van der Waals surface area contributed by atoms with Gasteiger partial charge >= 0.3 is 0 Å². The molecule has 6 nitrogen and oxygen atoms in total. The van der Waals surface area contributed by atoms with Crippen LogP contribution in [0.15, 0.2) is 42.6 Å². The predicted octanol–water partition coefficient (Wildman–Crippen LogP) is 3.54. The molecule has 4 rings (SSSR count). The molecule has 1 aliphatic rings. The van der Waals surface area contributed by atoms with Crippen LogP contribution in [0.4, 0.5) is 5.82 Å². The molecule has 134 valence electrons. The first-order chi connectivity index (χ1) is 12.7. The fourth-order valence-corrected chi connectivity index (χ4v) is 3.86. The van der Waals surface area contributed by atoms with Crippen molar-refractivity contribution >= 4 is 5.82 Å². The van der Waals surface area contributed by atoms with E-state index in [4.69, 9.17) is 9.72 Å². The molecule has 26 heavy (non-hydrogen) atoms. The number of hydrogen-bond acceptors (Lipinski definition) is 5. The van der Waals surface area contributed by atoms with Crippen molar-refractivity contribution < 1.29 is 4.74 Å². The summed E-state index contributed by atoms with van der Waals surface area (Å²) in [5, 5.41) is 4.55. The zero-order valence-corrected chi connectivity index (χ0v) is 15.4. The summed E-state index contributed by atoms with van der Waals surface area (Å²) < 4.78 is 7.44. The Morgan fingerprint density at radius 1 is 1.15 bits per heavy atom. The molecule has 6 heteroatoms. The normalized spacial score (nSPS) is 16.9. The molecule has 1 aromatic carbocycles. The van der Waals surface area contributed by atoms with Crippen molar-refractivity contribution in [2.45, 2.75) is 25.8 Å². The number of methoxy groups -OCH3 is 1. The first-order valence-electron chi connectivity index (χ1n) is 8.91. The van der Waals surface area contributed by atoms with Crippen LogP contribution in [0.1, 0.15) is 30.1 Å². The Balaban J connectivity index is 1.72.